The number of hydrogen-bond donors (Lipinski definition) is 1. The van der Waals surface area contributed by atoms with Gasteiger partial charge in [0.15, 0.2) is 0 Å². The van der Waals surface area contributed by atoms with Gasteiger partial charge in [-0.2, -0.15) is 5.26 Å². The zero-order chi connectivity index (χ0) is 15.3. The van der Waals surface area contributed by atoms with Gasteiger partial charge in [0.1, 0.15) is 5.60 Å². The number of nitrogens with zero attached hydrogens (tertiary/aromatic N) is 1. The lowest BCUT2D eigenvalue weighted by Crippen LogP contribution is -2.51. The van der Waals surface area contributed by atoms with Crippen LogP contribution in [0.5, 0.6) is 0 Å². The first-order chi connectivity index (χ1) is 10.1. The molecule has 2 rings (SSSR count). The lowest BCUT2D eigenvalue weighted by molar-refractivity contribution is -0.182. The maximum absolute atomic E-state index is 11.1. The monoisotopic (exact) mass is 295 g/mol. The second-order valence-electron chi connectivity index (χ2n) is 5.49. The molecule has 1 unspecified atom stereocenters. The van der Waals surface area contributed by atoms with Crippen LogP contribution in [0.25, 0.3) is 0 Å². The second kappa shape index (κ2) is 7.03. The highest BCUT2D eigenvalue weighted by Gasteiger charge is 2.52. The zero-order valence-electron chi connectivity index (χ0n) is 12.2. The zero-order valence-corrected chi connectivity index (χ0v) is 12.2. The van der Waals surface area contributed by atoms with Gasteiger partial charge in [-0.05, 0) is 25.3 Å². The number of ether oxygens (including phenoxy) is 3. The number of aliphatic hydroxyl groups is 1. The summed E-state index contributed by atoms with van der Waals surface area (Å²) < 4.78 is 16.4. The van der Waals surface area contributed by atoms with Crippen LogP contribution in [-0.4, -0.2) is 48.7 Å². The summed E-state index contributed by atoms with van der Waals surface area (Å²) in [5, 5.41) is 18.4. The Balaban J connectivity index is 2.00. The van der Waals surface area contributed by atoms with Crippen LogP contribution in [0.15, 0.2) is 12.2 Å². The van der Waals surface area contributed by atoms with Crippen molar-refractivity contribution in [2.75, 3.05) is 13.7 Å². The molecule has 0 bridgehead atoms. The maximum atomic E-state index is 11.1. The number of aliphatic hydroxyl groups excluding tert-OH is 1. The van der Waals surface area contributed by atoms with E-state index in [0.29, 0.717) is 19.3 Å². The van der Waals surface area contributed by atoms with Crippen LogP contribution in [0.1, 0.15) is 32.1 Å². The molecule has 2 saturated heterocycles. The molecular formula is C15H21NO5. The largest absolute Gasteiger partial charge is 0.466 e. The number of carbonyl (C=O) groups is 1. The summed E-state index contributed by atoms with van der Waals surface area (Å²) in [5.41, 5.74) is -0.719. The molecule has 0 radical (unpaired) electrons. The number of nitriles is 1. The third-order valence-electron chi connectivity index (χ3n) is 4.12. The molecule has 2 aliphatic heterocycles. The number of esters is 1. The summed E-state index contributed by atoms with van der Waals surface area (Å²) in [7, 11) is 1.32. The van der Waals surface area contributed by atoms with Gasteiger partial charge in [0, 0.05) is 18.9 Å². The van der Waals surface area contributed by atoms with E-state index in [9.17, 15) is 9.90 Å². The Morgan fingerprint density at radius 3 is 3.05 bits per heavy atom. The average Bonchev–Trinajstić information content (AvgIpc) is 2.88. The van der Waals surface area contributed by atoms with Crippen molar-refractivity contribution in [3.63, 3.8) is 0 Å². The first kappa shape index (κ1) is 16.0. The summed E-state index contributed by atoms with van der Waals surface area (Å²) >= 11 is 0. The van der Waals surface area contributed by atoms with E-state index in [0.717, 1.165) is 12.8 Å². The van der Waals surface area contributed by atoms with Crippen molar-refractivity contribution in [3.05, 3.63) is 12.2 Å². The Labute approximate surface area is 124 Å². The third-order valence-corrected chi connectivity index (χ3v) is 4.12. The van der Waals surface area contributed by atoms with Crippen LogP contribution >= 0.6 is 0 Å². The highest BCUT2D eigenvalue weighted by Crippen LogP contribution is 2.42. The molecule has 6 heteroatoms. The van der Waals surface area contributed by atoms with Crippen LogP contribution in [0.4, 0.5) is 0 Å². The molecule has 2 fully saturated rings. The van der Waals surface area contributed by atoms with Crippen LogP contribution in [0.2, 0.25) is 0 Å². The minimum atomic E-state index is -0.719. The fourth-order valence-electron chi connectivity index (χ4n) is 3.04. The number of hydrogen-bond acceptors (Lipinski definition) is 6. The smallest absolute Gasteiger partial charge is 0.330 e. The first-order valence-electron chi connectivity index (χ1n) is 7.21. The molecule has 116 valence electrons. The van der Waals surface area contributed by atoms with Crippen molar-refractivity contribution in [1.82, 2.24) is 0 Å². The van der Waals surface area contributed by atoms with Gasteiger partial charge in [-0.25, -0.2) is 4.79 Å². The quantitative estimate of drug-likeness (QED) is 0.603. The molecule has 0 amide bonds. The second-order valence-corrected chi connectivity index (χ2v) is 5.49. The van der Waals surface area contributed by atoms with Crippen LogP contribution < -0.4 is 0 Å². The van der Waals surface area contributed by atoms with E-state index in [4.69, 9.17) is 14.7 Å². The predicted molar refractivity (Wildman–Crippen MR) is 73.2 cm³/mol. The summed E-state index contributed by atoms with van der Waals surface area (Å²) in [5.74, 6) is -0.431. The van der Waals surface area contributed by atoms with Crippen LogP contribution in [0, 0.1) is 11.3 Å². The van der Waals surface area contributed by atoms with Gasteiger partial charge < -0.3 is 19.3 Å². The average molecular weight is 295 g/mol. The molecule has 4 atom stereocenters. The standard InChI is InChI=1S/C15H21NO5/c1-19-14(18)7-5-12-9-15(10-17)13(20-12)6-4-11(21-15)3-2-8-16/h5,7,11-13,17H,2-4,6,9-10H2,1H3/b7-5+/t11-,12-,13?,15+/m0/s1. The molecule has 0 spiro atoms. The molecule has 2 aliphatic rings. The van der Waals surface area contributed by atoms with Crippen molar-refractivity contribution < 1.29 is 24.1 Å². The van der Waals surface area contributed by atoms with E-state index in [-0.39, 0.29) is 24.9 Å². The molecule has 0 aromatic carbocycles. The summed E-state index contributed by atoms with van der Waals surface area (Å²) in [4.78, 5) is 11.1. The highest BCUT2D eigenvalue weighted by molar-refractivity contribution is 5.81. The van der Waals surface area contributed by atoms with E-state index in [1.54, 1.807) is 6.08 Å². The predicted octanol–water partition coefficient (Wildman–Crippen LogP) is 1.09. The van der Waals surface area contributed by atoms with Crippen LogP contribution in [0.3, 0.4) is 0 Å². The minimum absolute atomic E-state index is 0.0139. The topological polar surface area (TPSA) is 88.8 Å². The number of carbonyl (C=O) groups excluding carboxylic acids is 1. The van der Waals surface area contributed by atoms with Gasteiger partial charge in [0.25, 0.3) is 0 Å². The molecule has 0 aromatic rings. The molecule has 0 saturated carbocycles. The molecule has 0 aromatic heterocycles. The van der Waals surface area contributed by atoms with E-state index in [1.165, 1.54) is 13.2 Å². The molecule has 1 N–H and O–H groups in total. The Morgan fingerprint density at radius 2 is 2.38 bits per heavy atom. The Hall–Kier alpha value is -1.42. The fraction of sp³-hybridized carbons (Fsp3) is 0.733. The molecule has 21 heavy (non-hydrogen) atoms. The summed E-state index contributed by atoms with van der Waals surface area (Å²) in [6.07, 6.45) is 5.77. The van der Waals surface area contributed by atoms with Gasteiger partial charge in [-0.3, -0.25) is 0 Å². The van der Waals surface area contributed by atoms with Crippen molar-refractivity contribution in [2.45, 2.75) is 56.0 Å². The van der Waals surface area contributed by atoms with Gasteiger partial charge in [0.2, 0.25) is 0 Å². The lowest BCUT2D eigenvalue weighted by atomic mass is 9.86. The van der Waals surface area contributed by atoms with Crippen LogP contribution in [-0.2, 0) is 19.0 Å². The Bertz CT molecular complexity index is 444. The normalized spacial score (nSPS) is 35.4. The van der Waals surface area contributed by atoms with E-state index in [1.807, 2.05) is 0 Å². The van der Waals surface area contributed by atoms with E-state index >= 15 is 0 Å². The highest BCUT2D eigenvalue weighted by atomic mass is 16.6. The first-order valence-corrected chi connectivity index (χ1v) is 7.21. The molecule has 2 heterocycles. The minimum Gasteiger partial charge on any atom is -0.466 e. The van der Waals surface area contributed by atoms with E-state index in [2.05, 4.69) is 10.8 Å². The van der Waals surface area contributed by atoms with Gasteiger partial charge in [-0.15, -0.1) is 0 Å². The van der Waals surface area contributed by atoms with Crippen molar-refractivity contribution in [3.8, 4) is 6.07 Å². The number of rotatable bonds is 5. The molecule has 0 aliphatic carbocycles. The molecule has 6 nitrogen and oxygen atoms in total. The van der Waals surface area contributed by atoms with Gasteiger partial charge >= 0.3 is 5.97 Å². The molecular weight excluding hydrogens is 274 g/mol. The summed E-state index contributed by atoms with van der Waals surface area (Å²) in [6, 6.07) is 2.12. The van der Waals surface area contributed by atoms with Crippen molar-refractivity contribution >= 4 is 5.97 Å². The SMILES string of the molecule is COC(=O)/C=C/[C@H]1C[C@]2(CO)O[C@@H](CCC#N)CCC2O1. The Kier molecular flexibility index (Phi) is 5.34. The van der Waals surface area contributed by atoms with Gasteiger partial charge in [-0.1, -0.05) is 0 Å². The Morgan fingerprint density at radius 1 is 1.57 bits per heavy atom. The third kappa shape index (κ3) is 3.62. The van der Waals surface area contributed by atoms with Crippen molar-refractivity contribution in [1.29, 1.82) is 5.26 Å². The maximum Gasteiger partial charge on any atom is 0.330 e. The number of methoxy groups -OCH3 is 1. The summed E-state index contributed by atoms with van der Waals surface area (Å²) in [6.45, 7) is -0.122. The number of fused-ring (bicyclic) bond motifs is 1. The fourth-order valence-corrected chi connectivity index (χ4v) is 3.04. The van der Waals surface area contributed by atoms with Gasteiger partial charge in [0.05, 0.1) is 38.1 Å². The van der Waals surface area contributed by atoms with Crippen molar-refractivity contribution in [2.24, 2.45) is 0 Å². The van der Waals surface area contributed by atoms with E-state index < -0.39 is 11.6 Å². The lowest BCUT2D eigenvalue weighted by Gasteiger charge is -2.40.